The average Bonchev–Trinajstić information content (AvgIpc) is 2.70. The third kappa shape index (κ3) is 5.56. The molecule has 0 aromatic heterocycles. The first-order chi connectivity index (χ1) is 13.1. The minimum atomic E-state index is -0.395. The molecule has 0 bridgehead atoms. The summed E-state index contributed by atoms with van der Waals surface area (Å²) in [6.07, 6.45) is 1.86. The van der Waals surface area contributed by atoms with Crippen molar-refractivity contribution >= 4 is 17.7 Å². The van der Waals surface area contributed by atoms with Crippen molar-refractivity contribution in [2.75, 3.05) is 25.5 Å². The van der Waals surface area contributed by atoms with Gasteiger partial charge in [-0.1, -0.05) is 30.3 Å². The van der Waals surface area contributed by atoms with Crippen molar-refractivity contribution in [1.29, 1.82) is 0 Å². The molecule has 0 saturated carbocycles. The molecule has 1 aliphatic rings. The number of urea groups is 1. The molecule has 0 radical (unpaired) electrons. The molecule has 1 aliphatic heterocycles. The van der Waals surface area contributed by atoms with Crippen molar-refractivity contribution in [1.82, 2.24) is 10.2 Å². The van der Waals surface area contributed by atoms with Crippen LogP contribution in [0.2, 0.25) is 0 Å². The van der Waals surface area contributed by atoms with Crippen LogP contribution in [0.15, 0.2) is 54.6 Å². The molecule has 0 spiro atoms. The summed E-state index contributed by atoms with van der Waals surface area (Å²) < 4.78 is 4.66. The molecule has 3 rings (SSSR count). The normalized spacial score (nSPS) is 15.1. The first kappa shape index (κ1) is 18.9. The van der Waals surface area contributed by atoms with E-state index >= 15 is 0 Å². The van der Waals surface area contributed by atoms with Crippen molar-refractivity contribution < 1.29 is 14.3 Å². The van der Waals surface area contributed by atoms with Crippen molar-refractivity contribution in [2.24, 2.45) is 0 Å². The zero-order valence-electron chi connectivity index (χ0n) is 15.5. The SMILES string of the molecule is COC(=O)c1ccc(NC(=O)NC2CCN(Cc3ccccc3)CC2)cc1. The predicted molar refractivity (Wildman–Crippen MR) is 105 cm³/mol. The molecule has 0 aliphatic carbocycles. The number of hydrogen-bond donors (Lipinski definition) is 2. The lowest BCUT2D eigenvalue weighted by Crippen LogP contribution is -2.45. The van der Waals surface area contributed by atoms with Gasteiger partial charge in [0.25, 0.3) is 0 Å². The molecule has 6 nitrogen and oxygen atoms in total. The lowest BCUT2D eigenvalue weighted by molar-refractivity contribution is 0.0600. The van der Waals surface area contributed by atoms with Crippen LogP contribution in [0.5, 0.6) is 0 Å². The molecule has 142 valence electrons. The minimum Gasteiger partial charge on any atom is -0.465 e. The zero-order valence-corrected chi connectivity index (χ0v) is 15.5. The van der Waals surface area contributed by atoms with Gasteiger partial charge in [0.1, 0.15) is 0 Å². The molecule has 27 heavy (non-hydrogen) atoms. The number of anilines is 1. The highest BCUT2D eigenvalue weighted by molar-refractivity contribution is 5.92. The minimum absolute atomic E-state index is 0.173. The van der Waals surface area contributed by atoms with E-state index in [1.165, 1.54) is 12.7 Å². The number of rotatable bonds is 5. The second kappa shape index (κ2) is 9.19. The van der Waals surface area contributed by atoms with Gasteiger partial charge < -0.3 is 15.4 Å². The van der Waals surface area contributed by atoms with Gasteiger partial charge in [0.15, 0.2) is 0 Å². The molecule has 6 heteroatoms. The largest absolute Gasteiger partial charge is 0.465 e. The summed E-state index contributed by atoms with van der Waals surface area (Å²) in [4.78, 5) is 26.0. The van der Waals surface area contributed by atoms with Crippen molar-refractivity contribution in [2.45, 2.75) is 25.4 Å². The van der Waals surface area contributed by atoms with Crippen LogP contribution >= 0.6 is 0 Å². The van der Waals surface area contributed by atoms with E-state index in [1.54, 1.807) is 24.3 Å². The van der Waals surface area contributed by atoms with Gasteiger partial charge in [-0.05, 0) is 42.7 Å². The van der Waals surface area contributed by atoms with Crippen molar-refractivity contribution in [3.8, 4) is 0 Å². The van der Waals surface area contributed by atoms with E-state index in [-0.39, 0.29) is 12.1 Å². The molecule has 2 amide bonds. The average molecular weight is 367 g/mol. The highest BCUT2D eigenvalue weighted by atomic mass is 16.5. The first-order valence-electron chi connectivity index (χ1n) is 9.16. The highest BCUT2D eigenvalue weighted by Crippen LogP contribution is 2.15. The summed E-state index contributed by atoms with van der Waals surface area (Å²) in [6.45, 7) is 2.88. The Morgan fingerprint density at radius 1 is 1.04 bits per heavy atom. The number of benzene rings is 2. The highest BCUT2D eigenvalue weighted by Gasteiger charge is 2.20. The van der Waals surface area contributed by atoms with Gasteiger partial charge in [-0.25, -0.2) is 9.59 Å². The van der Waals surface area contributed by atoms with Crippen LogP contribution in [0, 0.1) is 0 Å². The zero-order chi connectivity index (χ0) is 19.1. The Bertz CT molecular complexity index is 754. The summed E-state index contributed by atoms with van der Waals surface area (Å²) in [5.74, 6) is -0.395. The maximum absolute atomic E-state index is 12.2. The van der Waals surface area contributed by atoms with E-state index in [2.05, 4.69) is 44.5 Å². The number of methoxy groups -OCH3 is 1. The summed E-state index contributed by atoms with van der Waals surface area (Å²) in [5.41, 5.74) is 2.41. The molecular formula is C21H25N3O3. The Labute approximate surface area is 159 Å². The molecule has 1 heterocycles. The number of nitrogens with one attached hydrogen (secondary N) is 2. The van der Waals surface area contributed by atoms with E-state index < -0.39 is 5.97 Å². The fourth-order valence-electron chi connectivity index (χ4n) is 3.24. The van der Waals surface area contributed by atoms with E-state index in [4.69, 9.17) is 0 Å². The van der Waals surface area contributed by atoms with E-state index in [1.807, 2.05) is 6.07 Å². The standard InChI is InChI=1S/C21H25N3O3/c1-27-20(25)17-7-9-18(10-8-17)22-21(26)23-19-11-13-24(14-12-19)15-16-5-3-2-4-6-16/h2-10,19H,11-15H2,1H3,(H2,22,23,26). The first-order valence-corrected chi connectivity index (χ1v) is 9.16. The number of carbonyl (C=O) groups excluding carboxylic acids is 2. The fraction of sp³-hybridized carbons (Fsp3) is 0.333. The quantitative estimate of drug-likeness (QED) is 0.796. The van der Waals surface area contributed by atoms with Crippen LogP contribution in [0.25, 0.3) is 0 Å². The van der Waals surface area contributed by atoms with Gasteiger partial charge >= 0.3 is 12.0 Å². The van der Waals surface area contributed by atoms with Crippen LogP contribution < -0.4 is 10.6 Å². The summed E-state index contributed by atoms with van der Waals surface area (Å²) >= 11 is 0. The summed E-state index contributed by atoms with van der Waals surface area (Å²) in [6, 6.07) is 17.0. The molecule has 2 aromatic carbocycles. The maximum atomic E-state index is 12.2. The third-order valence-corrected chi connectivity index (χ3v) is 4.74. The van der Waals surface area contributed by atoms with Crippen LogP contribution in [0.1, 0.15) is 28.8 Å². The topological polar surface area (TPSA) is 70.7 Å². The Morgan fingerprint density at radius 2 is 1.70 bits per heavy atom. The number of amides is 2. The number of ether oxygens (including phenoxy) is 1. The lowest BCUT2D eigenvalue weighted by Gasteiger charge is -2.32. The predicted octanol–water partition coefficient (Wildman–Crippen LogP) is 3.26. The second-order valence-corrected chi connectivity index (χ2v) is 6.70. The molecule has 0 unspecified atom stereocenters. The van der Waals surface area contributed by atoms with Crippen LogP contribution in [0.3, 0.4) is 0 Å². The van der Waals surface area contributed by atoms with Crippen LogP contribution in [0.4, 0.5) is 10.5 Å². The second-order valence-electron chi connectivity index (χ2n) is 6.70. The van der Waals surface area contributed by atoms with Crippen molar-refractivity contribution in [3.63, 3.8) is 0 Å². The maximum Gasteiger partial charge on any atom is 0.337 e. The number of esters is 1. The van der Waals surface area contributed by atoms with Gasteiger partial charge in [0.2, 0.25) is 0 Å². The Hall–Kier alpha value is -2.86. The molecular weight excluding hydrogens is 342 g/mol. The van der Waals surface area contributed by atoms with Crippen LogP contribution in [-0.2, 0) is 11.3 Å². The monoisotopic (exact) mass is 367 g/mol. The molecule has 1 fully saturated rings. The summed E-state index contributed by atoms with van der Waals surface area (Å²) in [5, 5.41) is 5.84. The van der Waals surface area contributed by atoms with Gasteiger partial charge in [-0.2, -0.15) is 0 Å². The van der Waals surface area contributed by atoms with Gasteiger partial charge in [0.05, 0.1) is 12.7 Å². The number of carbonyl (C=O) groups is 2. The Morgan fingerprint density at radius 3 is 2.33 bits per heavy atom. The van der Waals surface area contributed by atoms with E-state index in [9.17, 15) is 9.59 Å². The third-order valence-electron chi connectivity index (χ3n) is 4.74. The number of nitrogens with zero attached hydrogens (tertiary/aromatic N) is 1. The Kier molecular flexibility index (Phi) is 6.44. The number of hydrogen-bond acceptors (Lipinski definition) is 4. The smallest absolute Gasteiger partial charge is 0.337 e. The van der Waals surface area contributed by atoms with Gasteiger partial charge in [-0.3, -0.25) is 4.90 Å². The van der Waals surface area contributed by atoms with Crippen molar-refractivity contribution in [3.05, 3.63) is 65.7 Å². The Balaban J connectivity index is 1.42. The molecule has 2 N–H and O–H groups in total. The van der Waals surface area contributed by atoms with E-state index in [0.29, 0.717) is 11.3 Å². The van der Waals surface area contributed by atoms with Gasteiger partial charge in [0, 0.05) is 31.4 Å². The molecule has 0 atom stereocenters. The van der Waals surface area contributed by atoms with Crippen LogP contribution in [-0.4, -0.2) is 43.1 Å². The fourth-order valence-corrected chi connectivity index (χ4v) is 3.24. The number of likely N-dealkylation sites (tertiary alicyclic amines) is 1. The van der Waals surface area contributed by atoms with E-state index in [0.717, 1.165) is 32.5 Å². The molecule has 1 saturated heterocycles. The molecule has 2 aromatic rings. The number of piperidine rings is 1. The summed E-state index contributed by atoms with van der Waals surface area (Å²) in [7, 11) is 1.34. The lowest BCUT2D eigenvalue weighted by atomic mass is 10.0. The van der Waals surface area contributed by atoms with Gasteiger partial charge in [-0.15, -0.1) is 0 Å².